The van der Waals surface area contributed by atoms with Crippen LogP contribution in [0.2, 0.25) is 0 Å². The van der Waals surface area contributed by atoms with Gasteiger partial charge >= 0.3 is 12.0 Å². The molecule has 0 radical (unpaired) electrons. The molecule has 19 heavy (non-hydrogen) atoms. The Morgan fingerprint density at radius 3 is 2.32 bits per heavy atom. The molecule has 1 heterocycles. The molecule has 1 fully saturated rings. The van der Waals surface area contributed by atoms with Crippen LogP contribution in [-0.2, 0) is 4.79 Å². The van der Waals surface area contributed by atoms with Gasteiger partial charge in [0.05, 0.1) is 11.3 Å². The van der Waals surface area contributed by atoms with Crippen molar-refractivity contribution in [3.8, 4) is 0 Å². The van der Waals surface area contributed by atoms with E-state index < -0.39 is 18.0 Å². The molecule has 7 heteroatoms. The number of carbonyl (C=O) groups excluding carboxylic acids is 2. The lowest BCUT2D eigenvalue weighted by Crippen LogP contribution is -2.32. The van der Waals surface area contributed by atoms with Crippen LogP contribution in [0.3, 0.4) is 0 Å². The lowest BCUT2D eigenvalue weighted by molar-refractivity contribution is -0.118. The molecule has 2 rings (SSSR count). The van der Waals surface area contributed by atoms with Crippen molar-refractivity contribution in [3.63, 3.8) is 0 Å². The third kappa shape index (κ3) is 2.29. The number of hydrogen-bond acceptors (Lipinski definition) is 3. The second-order valence-electron chi connectivity index (χ2n) is 4.09. The van der Waals surface area contributed by atoms with Crippen LogP contribution in [0.1, 0.15) is 10.4 Å². The Morgan fingerprint density at radius 1 is 1.32 bits per heavy atom. The molecule has 3 amide bonds. The van der Waals surface area contributed by atoms with E-state index in [1.165, 1.54) is 29.2 Å². The Balaban J connectivity index is 2.34. The van der Waals surface area contributed by atoms with Crippen LogP contribution in [0.4, 0.5) is 10.5 Å². The average molecular weight is 374 g/mol. The fourth-order valence-corrected chi connectivity index (χ4v) is 2.83. The van der Waals surface area contributed by atoms with Crippen molar-refractivity contribution in [2.24, 2.45) is 0 Å². The molecule has 1 N–H and O–H groups in total. The van der Waals surface area contributed by atoms with Crippen LogP contribution in [0.25, 0.3) is 0 Å². The Kier molecular flexibility index (Phi) is 3.74. The number of imide groups is 1. The number of likely N-dealkylation sites (N-methyl/N-ethyl adjacent to an activating group) is 1. The van der Waals surface area contributed by atoms with E-state index in [9.17, 15) is 14.4 Å². The highest BCUT2D eigenvalue weighted by atomic mass is 127. The SMILES string of the molecule is CN1C(=O)N(c2ccc(C(=O)O)cc2)C(=O)C1CI. The van der Waals surface area contributed by atoms with Crippen molar-refractivity contribution in [2.75, 3.05) is 16.4 Å². The fraction of sp³-hybridized carbons (Fsp3) is 0.250. The second kappa shape index (κ2) is 5.16. The van der Waals surface area contributed by atoms with Crippen molar-refractivity contribution in [1.29, 1.82) is 0 Å². The first-order chi connectivity index (χ1) is 8.97. The van der Waals surface area contributed by atoms with E-state index in [0.717, 1.165) is 4.90 Å². The molecule has 1 aromatic carbocycles. The van der Waals surface area contributed by atoms with Gasteiger partial charge in [-0.3, -0.25) is 4.79 Å². The lowest BCUT2D eigenvalue weighted by Gasteiger charge is -2.14. The first-order valence-corrected chi connectivity index (χ1v) is 7.00. The number of benzene rings is 1. The molecule has 0 spiro atoms. The third-order valence-corrected chi connectivity index (χ3v) is 3.82. The first-order valence-electron chi connectivity index (χ1n) is 5.47. The summed E-state index contributed by atoms with van der Waals surface area (Å²) in [5.41, 5.74) is 0.501. The zero-order valence-corrected chi connectivity index (χ0v) is 12.2. The molecular weight excluding hydrogens is 363 g/mol. The molecule has 1 aromatic rings. The summed E-state index contributed by atoms with van der Waals surface area (Å²) in [5.74, 6) is -1.34. The standard InChI is InChI=1S/C12H11IN2O4/c1-14-9(6-13)10(16)15(12(14)19)8-4-2-7(3-5-8)11(17)18/h2-5,9H,6H2,1H3,(H,17,18). The van der Waals surface area contributed by atoms with E-state index in [2.05, 4.69) is 22.6 Å². The highest BCUT2D eigenvalue weighted by molar-refractivity contribution is 14.1. The summed E-state index contributed by atoms with van der Waals surface area (Å²) >= 11 is 2.05. The summed E-state index contributed by atoms with van der Waals surface area (Å²) in [6, 6.07) is 4.80. The highest BCUT2D eigenvalue weighted by Crippen LogP contribution is 2.25. The van der Waals surface area contributed by atoms with Crippen molar-refractivity contribution >= 4 is 46.2 Å². The number of alkyl halides is 1. The molecule has 0 aromatic heterocycles. The number of halogens is 1. The zero-order chi connectivity index (χ0) is 14.2. The van der Waals surface area contributed by atoms with Gasteiger partial charge in [-0.2, -0.15) is 0 Å². The van der Waals surface area contributed by atoms with Crippen molar-refractivity contribution < 1.29 is 19.5 Å². The summed E-state index contributed by atoms with van der Waals surface area (Å²) in [5, 5.41) is 8.81. The molecule has 0 aliphatic carbocycles. The topological polar surface area (TPSA) is 77.9 Å². The number of carboxylic acid groups (broad SMARTS) is 1. The Hall–Kier alpha value is -1.64. The number of urea groups is 1. The van der Waals surface area contributed by atoms with Crippen LogP contribution in [0.5, 0.6) is 0 Å². The van der Waals surface area contributed by atoms with Gasteiger partial charge in [0.1, 0.15) is 6.04 Å². The number of aromatic carboxylic acids is 1. The van der Waals surface area contributed by atoms with E-state index in [1.54, 1.807) is 7.05 Å². The molecule has 100 valence electrons. The molecule has 0 saturated carbocycles. The summed E-state index contributed by atoms with van der Waals surface area (Å²) in [6.07, 6.45) is 0. The van der Waals surface area contributed by atoms with Gasteiger partial charge in [-0.25, -0.2) is 14.5 Å². The van der Waals surface area contributed by atoms with Gasteiger partial charge in [0.2, 0.25) is 0 Å². The minimum atomic E-state index is -1.05. The molecule has 0 bridgehead atoms. The Bertz CT molecular complexity index is 543. The van der Waals surface area contributed by atoms with Crippen molar-refractivity contribution in [2.45, 2.75) is 6.04 Å². The van der Waals surface area contributed by atoms with Gasteiger partial charge in [-0.05, 0) is 24.3 Å². The number of nitrogens with zero attached hydrogens (tertiary/aromatic N) is 2. The van der Waals surface area contributed by atoms with Gasteiger partial charge in [0, 0.05) is 11.5 Å². The quantitative estimate of drug-likeness (QED) is 0.495. The molecule has 1 atom stereocenters. The third-order valence-electron chi connectivity index (χ3n) is 2.98. The Morgan fingerprint density at radius 2 is 1.89 bits per heavy atom. The van der Waals surface area contributed by atoms with Crippen LogP contribution < -0.4 is 4.90 Å². The number of carbonyl (C=O) groups is 3. The van der Waals surface area contributed by atoms with Gasteiger partial charge in [-0.15, -0.1) is 0 Å². The predicted octanol–water partition coefficient (Wildman–Crippen LogP) is 1.59. The van der Waals surface area contributed by atoms with E-state index in [4.69, 9.17) is 5.11 Å². The smallest absolute Gasteiger partial charge is 0.335 e. The number of hydrogen-bond donors (Lipinski definition) is 1. The van der Waals surface area contributed by atoms with Crippen LogP contribution in [-0.4, -0.2) is 45.4 Å². The maximum absolute atomic E-state index is 12.1. The average Bonchev–Trinajstić information content (AvgIpc) is 2.60. The summed E-state index contributed by atoms with van der Waals surface area (Å²) < 4.78 is 0.516. The molecule has 6 nitrogen and oxygen atoms in total. The number of carboxylic acids is 1. The zero-order valence-electron chi connectivity index (χ0n) is 10.0. The van der Waals surface area contributed by atoms with E-state index in [-0.39, 0.29) is 11.5 Å². The number of rotatable bonds is 3. The largest absolute Gasteiger partial charge is 0.478 e. The predicted molar refractivity (Wildman–Crippen MR) is 76.7 cm³/mol. The van der Waals surface area contributed by atoms with E-state index in [1.807, 2.05) is 0 Å². The fourth-order valence-electron chi connectivity index (χ4n) is 1.86. The molecule has 1 unspecified atom stereocenters. The van der Waals surface area contributed by atoms with Crippen molar-refractivity contribution in [3.05, 3.63) is 29.8 Å². The van der Waals surface area contributed by atoms with Gasteiger partial charge in [0.15, 0.2) is 0 Å². The maximum Gasteiger partial charge on any atom is 0.335 e. The highest BCUT2D eigenvalue weighted by Gasteiger charge is 2.43. The van der Waals surface area contributed by atoms with Gasteiger partial charge < -0.3 is 10.0 Å². The van der Waals surface area contributed by atoms with Crippen LogP contribution in [0, 0.1) is 0 Å². The van der Waals surface area contributed by atoms with Gasteiger partial charge in [0.25, 0.3) is 5.91 Å². The minimum absolute atomic E-state index is 0.113. The normalized spacial score (nSPS) is 19.2. The second-order valence-corrected chi connectivity index (χ2v) is 4.97. The van der Waals surface area contributed by atoms with E-state index in [0.29, 0.717) is 10.1 Å². The summed E-state index contributed by atoms with van der Waals surface area (Å²) in [7, 11) is 1.58. The van der Waals surface area contributed by atoms with Crippen molar-refractivity contribution in [1.82, 2.24) is 4.90 Å². The summed E-state index contributed by atoms with van der Waals surface area (Å²) in [4.78, 5) is 37.4. The van der Waals surface area contributed by atoms with Crippen LogP contribution >= 0.6 is 22.6 Å². The molecule has 1 saturated heterocycles. The van der Waals surface area contributed by atoms with Crippen LogP contribution in [0.15, 0.2) is 24.3 Å². The molecule has 1 aliphatic heterocycles. The van der Waals surface area contributed by atoms with E-state index >= 15 is 0 Å². The minimum Gasteiger partial charge on any atom is -0.478 e. The first kappa shape index (κ1) is 13.8. The Labute approximate surface area is 123 Å². The maximum atomic E-state index is 12.1. The monoisotopic (exact) mass is 374 g/mol. The van der Waals surface area contributed by atoms with Gasteiger partial charge in [-0.1, -0.05) is 22.6 Å². The molecular formula is C12H11IN2O4. The lowest BCUT2D eigenvalue weighted by atomic mass is 10.2. The summed E-state index contributed by atoms with van der Waals surface area (Å²) in [6.45, 7) is 0. The molecule has 1 aliphatic rings. The number of anilines is 1. The number of amides is 3.